The summed E-state index contributed by atoms with van der Waals surface area (Å²) in [5.41, 5.74) is -0.504. The summed E-state index contributed by atoms with van der Waals surface area (Å²) in [5, 5.41) is 7.60. The number of likely N-dealkylation sites (N-methyl/N-ethyl adjacent to an activating group) is 1. The van der Waals surface area contributed by atoms with E-state index in [4.69, 9.17) is 9.47 Å². The largest absolute Gasteiger partial charge is 0.351 e. The summed E-state index contributed by atoms with van der Waals surface area (Å²) in [6.07, 6.45) is 6.60. The first-order valence-electron chi connectivity index (χ1n) is 12.1. The highest BCUT2D eigenvalue weighted by molar-refractivity contribution is 6.01. The first kappa shape index (κ1) is 22.3. The highest BCUT2D eigenvalue weighted by Gasteiger charge is 2.47. The van der Waals surface area contributed by atoms with Gasteiger partial charge in [0.05, 0.1) is 19.8 Å². The van der Waals surface area contributed by atoms with E-state index < -0.39 is 11.3 Å². The molecule has 33 heavy (non-hydrogen) atoms. The highest BCUT2D eigenvalue weighted by Crippen LogP contribution is 2.32. The molecule has 10 nitrogen and oxygen atoms in total. The predicted octanol–water partition coefficient (Wildman–Crippen LogP) is 1.16. The van der Waals surface area contributed by atoms with Gasteiger partial charge in [0.1, 0.15) is 11.2 Å². The van der Waals surface area contributed by atoms with Gasteiger partial charge in [0.15, 0.2) is 11.5 Å². The molecule has 0 aromatic carbocycles. The van der Waals surface area contributed by atoms with Crippen molar-refractivity contribution in [1.82, 2.24) is 24.9 Å². The Bertz CT molecular complexity index is 939. The van der Waals surface area contributed by atoms with Gasteiger partial charge in [0, 0.05) is 45.1 Å². The molecular formula is C23H33N5O5. The lowest BCUT2D eigenvalue weighted by atomic mass is 9.92. The Morgan fingerprint density at radius 2 is 1.79 bits per heavy atom. The van der Waals surface area contributed by atoms with E-state index in [9.17, 15) is 14.4 Å². The highest BCUT2D eigenvalue weighted by atomic mass is 16.7. The number of nitrogens with one attached hydrogen (secondary N) is 1. The van der Waals surface area contributed by atoms with E-state index in [0.29, 0.717) is 44.8 Å². The molecule has 1 aromatic heterocycles. The Balaban J connectivity index is 1.30. The maximum atomic E-state index is 13.2. The van der Waals surface area contributed by atoms with Crippen LogP contribution in [0.3, 0.4) is 0 Å². The van der Waals surface area contributed by atoms with Crippen molar-refractivity contribution in [1.29, 1.82) is 0 Å². The zero-order valence-electron chi connectivity index (χ0n) is 19.5. The minimum Gasteiger partial charge on any atom is -0.351 e. The number of carbonyl (C=O) groups excluding carboxylic acids is 3. The van der Waals surface area contributed by atoms with Crippen LogP contribution < -0.4 is 5.32 Å². The molecule has 10 heteroatoms. The Hall–Kier alpha value is -2.46. The number of hydrogen-bond acceptors (Lipinski definition) is 6. The molecule has 3 fully saturated rings. The van der Waals surface area contributed by atoms with E-state index >= 15 is 0 Å². The summed E-state index contributed by atoms with van der Waals surface area (Å²) in [6.45, 7) is 4.17. The second kappa shape index (κ2) is 8.39. The number of likely N-dealkylation sites (tertiary alicyclic amines) is 1. The Labute approximate surface area is 193 Å². The van der Waals surface area contributed by atoms with Gasteiger partial charge in [-0.05, 0) is 19.8 Å². The topological polar surface area (TPSA) is 106 Å². The average molecular weight is 460 g/mol. The molecule has 1 spiro atoms. The average Bonchev–Trinajstić information content (AvgIpc) is 3.45. The van der Waals surface area contributed by atoms with E-state index in [0.717, 1.165) is 25.7 Å². The number of carbonyl (C=O) groups is 3. The van der Waals surface area contributed by atoms with Crippen molar-refractivity contribution >= 4 is 17.7 Å². The quantitative estimate of drug-likeness (QED) is 0.727. The minimum absolute atomic E-state index is 0.151. The predicted molar refractivity (Wildman–Crippen MR) is 118 cm³/mol. The first-order chi connectivity index (χ1) is 15.8. The van der Waals surface area contributed by atoms with E-state index in [-0.39, 0.29) is 36.0 Å². The third kappa shape index (κ3) is 3.93. The van der Waals surface area contributed by atoms with Gasteiger partial charge in [0.25, 0.3) is 11.8 Å². The maximum Gasteiger partial charge on any atom is 0.274 e. The van der Waals surface area contributed by atoms with E-state index in [2.05, 4.69) is 10.4 Å². The van der Waals surface area contributed by atoms with Gasteiger partial charge in [-0.3, -0.25) is 19.1 Å². The van der Waals surface area contributed by atoms with Gasteiger partial charge in [-0.1, -0.05) is 19.3 Å². The van der Waals surface area contributed by atoms with Crippen molar-refractivity contribution in [3.8, 4) is 0 Å². The fourth-order valence-corrected chi connectivity index (χ4v) is 5.42. The van der Waals surface area contributed by atoms with Crippen molar-refractivity contribution in [3.05, 3.63) is 17.5 Å². The zero-order chi connectivity index (χ0) is 23.2. The molecule has 1 unspecified atom stereocenters. The number of rotatable bonds is 3. The van der Waals surface area contributed by atoms with Crippen LogP contribution in [-0.2, 0) is 20.8 Å². The Morgan fingerprint density at radius 3 is 2.45 bits per heavy atom. The van der Waals surface area contributed by atoms with Crippen LogP contribution in [0.4, 0.5) is 0 Å². The lowest BCUT2D eigenvalue weighted by molar-refractivity contribution is -0.181. The molecule has 0 bridgehead atoms. The summed E-state index contributed by atoms with van der Waals surface area (Å²) < 4.78 is 13.0. The normalized spacial score (nSPS) is 27.6. The zero-order valence-corrected chi connectivity index (χ0v) is 19.5. The minimum atomic E-state index is -1.07. The van der Waals surface area contributed by atoms with E-state index in [1.165, 1.54) is 16.0 Å². The van der Waals surface area contributed by atoms with Crippen LogP contribution in [-0.4, -0.2) is 88.0 Å². The van der Waals surface area contributed by atoms with Crippen molar-refractivity contribution in [3.63, 3.8) is 0 Å². The van der Waals surface area contributed by atoms with E-state index in [1.54, 1.807) is 24.9 Å². The molecule has 0 radical (unpaired) electrons. The lowest BCUT2D eigenvalue weighted by Crippen LogP contribution is -2.63. The number of fused-ring (bicyclic) bond motifs is 1. The summed E-state index contributed by atoms with van der Waals surface area (Å²) in [4.78, 5) is 42.7. The maximum absolute atomic E-state index is 13.2. The van der Waals surface area contributed by atoms with Crippen molar-refractivity contribution in [2.24, 2.45) is 0 Å². The Kier molecular flexibility index (Phi) is 5.68. The van der Waals surface area contributed by atoms with Crippen LogP contribution in [0.15, 0.2) is 6.07 Å². The van der Waals surface area contributed by atoms with Crippen molar-refractivity contribution in [2.45, 2.75) is 75.8 Å². The molecule has 180 valence electrons. The van der Waals surface area contributed by atoms with Crippen LogP contribution in [0.2, 0.25) is 0 Å². The van der Waals surface area contributed by atoms with Crippen LogP contribution in [0.25, 0.3) is 0 Å². The number of ether oxygens (including phenoxy) is 2. The number of nitrogens with zero attached hydrogens (tertiary/aromatic N) is 4. The molecule has 1 saturated carbocycles. The molecular weight excluding hydrogens is 426 g/mol. The van der Waals surface area contributed by atoms with Gasteiger partial charge < -0.3 is 24.6 Å². The Morgan fingerprint density at radius 1 is 1.12 bits per heavy atom. The van der Waals surface area contributed by atoms with Crippen molar-refractivity contribution in [2.75, 3.05) is 33.4 Å². The fourth-order valence-electron chi connectivity index (χ4n) is 5.42. The van der Waals surface area contributed by atoms with Gasteiger partial charge in [-0.2, -0.15) is 5.10 Å². The first-order valence-corrected chi connectivity index (χ1v) is 12.1. The second-order valence-electron chi connectivity index (χ2n) is 9.92. The monoisotopic (exact) mass is 459 g/mol. The van der Waals surface area contributed by atoms with Crippen molar-refractivity contribution < 1.29 is 23.9 Å². The van der Waals surface area contributed by atoms with Gasteiger partial charge in [-0.15, -0.1) is 0 Å². The van der Waals surface area contributed by atoms with Crippen LogP contribution >= 0.6 is 0 Å². The number of amides is 3. The number of piperidine rings is 1. The molecule has 3 amide bonds. The van der Waals surface area contributed by atoms with Gasteiger partial charge in [0.2, 0.25) is 5.91 Å². The number of aromatic nitrogens is 2. The summed E-state index contributed by atoms with van der Waals surface area (Å²) in [7, 11) is 1.65. The van der Waals surface area contributed by atoms with Gasteiger partial charge >= 0.3 is 0 Å². The third-order valence-corrected chi connectivity index (χ3v) is 7.78. The molecule has 1 atom stereocenters. The van der Waals surface area contributed by atoms with Gasteiger partial charge in [-0.25, -0.2) is 0 Å². The van der Waals surface area contributed by atoms with E-state index in [1.807, 2.05) is 0 Å². The van der Waals surface area contributed by atoms with Crippen LogP contribution in [0, 0.1) is 0 Å². The SMILES string of the molecule is CN1C(=O)c2cc(C(=O)N3CCC4(CC3)OCCO4)nn2CC1(C)C(=O)NC1CCCCC1. The molecule has 3 aliphatic heterocycles. The molecule has 5 rings (SSSR count). The number of hydrogen-bond donors (Lipinski definition) is 1. The summed E-state index contributed by atoms with van der Waals surface area (Å²) >= 11 is 0. The molecule has 4 heterocycles. The molecule has 1 N–H and O–H groups in total. The molecule has 2 saturated heterocycles. The standard InChI is InChI=1S/C23H33N5O5/c1-22(21(31)24-16-6-4-3-5-7-16)15-28-18(20(30)26(22)2)14-17(25-28)19(29)27-10-8-23(9-11-27)32-12-13-33-23/h14,16H,3-13,15H2,1-2H3,(H,24,31). The summed E-state index contributed by atoms with van der Waals surface area (Å²) in [6, 6.07) is 1.70. The fraction of sp³-hybridized carbons (Fsp3) is 0.739. The lowest BCUT2D eigenvalue weighted by Gasteiger charge is -2.41. The summed E-state index contributed by atoms with van der Waals surface area (Å²) in [5.74, 6) is -1.25. The second-order valence-corrected chi connectivity index (χ2v) is 9.92. The smallest absolute Gasteiger partial charge is 0.274 e. The molecule has 4 aliphatic rings. The molecule has 1 aromatic rings. The van der Waals surface area contributed by atoms with Crippen LogP contribution in [0.1, 0.15) is 72.8 Å². The molecule has 1 aliphatic carbocycles. The third-order valence-electron chi connectivity index (χ3n) is 7.78. The van der Waals surface area contributed by atoms with Crippen LogP contribution in [0.5, 0.6) is 0 Å².